The second-order valence-electron chi connectivity index (χ2n) is 4.94. The number of likely N-dealkylation sites (tertiary alicyclic amines) is 1. The van der Waals surface area contributed by atoms with Crippen LogP contribution >= 0.6 is 0 Å². The molecule has 0 radical (unpaired) electrons. The van der Waals surface area contributed by atoms with E-state index in [9.17, 15) is 5.26 Å². The summed E-state index contributed by atoms with van der Waals surface area (Å²) in [5.41, 5.74) is -0.175. The van der Waals surface area contributed by atoms with Gasteiger partial charge >= 0.3 is 0 Å². The molecule has 2 rings (SSSR count). The van der Waals surface area contributed by atoms with Gasteiger partial charge in [-0.15, -0.1) is 0 Å². The van der Waals surface area contributed by atoms with Crippen LogP contribution in [0.4, 0.5) is 0 Å². The lowest BCUT2D eigenvalue weighted by molar-refractivity contribution is 0.0445. The van der Waals surface area contributed by atoms with Crippen molar-refractivity contribution < 1.29 is 0 Å². The Morgan fingerprint density at radius 1 is 1.33 bits per heavy atom. The fourth-order valence-electron chi connectivity index (χ4n) is 3.01. The topological polar surface area (TPSA) is 39.1 Å². The summed E-state index contributed by atoms with van der Waals surface area (Å²) in [7, 11) is 0. The summed E-state index contributed by atoms with van der Waals surface area (Å²) in [6, 6.07) is 2.62. The highest BCUT2D eigenvalue weighted by molar-refractivity contribution is 5.14. The van der Waals surface area contributed by atoms with Crippen LogP contribution in [0.5, 0.6) is 0 Å². The number of nitriles is 1. The van der Waals surface area contributed by atoms with E-state index in [1.807, 2.05) is 0 Å². The summed E-state index contributed by atoms with van der Waals surface area (Å²) in [6.07, 6.45) is 4.86. The van der Waals surface area contributed by atoms with Gasteiger partial charge in [0.2, 0.25) is 0 Å². The minimum absolute atomic E-state index is 0.175. The number of rotatable bonds is 1. The van der Waals surface area contributed by atoms with Gasteiger partial charge in [-0.05, 0) is 38.9 Å². The van der Waals surface area contributed by atoms with Crippen LogP contribution in [0, 0.1) is 17.2 Å². The average molecular weight is 207 g/mol. The van der Waals surface area contributed by atoms with Crippen LogP contribution in [0.25, 0.3) is 0 Å². The molecular formula is C12H21N3. The first kappa shape index (κ1) is 10.9. The molecule has 15 heavy (non-hydrogen) atoms. The maximum Gasteiger partial charge on any atom is 0.114 e. The number of hydrogen-bond donors (Lipinski definition) is 1. The highest BCUT2D eigenvalue weighted by atomic mass is 15.2. The molecule has 2 aliphatic rings. The van der Waals surface area contributed by atoms with Gasteiger partial charge in [-0.1, -0.05) is 13.3 Å². The van der Waals surface area contributed by atoms with Crippen LogP contribution in [0.3, 0.4) is 0 Å². The lowest BCUT2D eigenvalue weighted by Crippen LogP contribution is -2.60. The van der Waals surface area contributed by atoms with Crippen molar-refractivity contribution in [1.82, 2.24) is 10.2 Å². The van der Waals surface area contributed by atoms with Crippen molar-refractivity contribution in [2.24, 2.45) is 5.92 Å². The Hall–Kier alpha value is -0.590. The van der Waals surface area contributed by atoms with Gasteiger partial charge in [0.25, 0.3) is 0 Å². The summed E-state index contributed by atoms with van der Waals surface area (Å²) in [5, 5.41) is 12.9. The van der Waals surface area contributed by atoms with E-state index in [1.54, 1.807) is 0 Å². The summed E-state index contributed by atoms with van der Waals surface area (Å²) in [5.74, 6) is 0.453. The zero-order valence-electron chi connectivity index (χ0n) is 9.63. The fourth-order valence-corrected chi connectivity index (χ4v) is 3.01. The van der Waals surface area contributed by atoms with Gasteiger partial charge in [0, 0.05) is 12.5 Å². The smallest absolute Gasteiger partial charge is 0.114 e. The Kier molecular flexibility index (Phi) is 3.28. The van der Waals surface area contributed by atoms with Gasteiger partial charge in [-0.2, -0.15) is 5.26 Å². The van der Waals surface area contributed by atoms with E-state index in [4.69, 9.17) is 0 Å². The van der Waals surface area contributed by atoms with E-state index in [2.05, 4.69) is 23.2 Å². The molecule has 2 heterocycles. The molecule has 0 aromatic heterocycles. The molecule has 2 unspecified atom stereocenters. The molecule has 2 saturated heterocycles. The molecule has 2 fully saturated rings. The van der Waals surface area contributed by atoms with Gasteiger partial charge in [0.15, 0.2) is 0 Å². The quantitative estimate of drug-likeness (QED) is 0.705. The van der Waals surface area contributed by atoms with Crippen molar-refractivity contribution in [2.75, 3.05) is 26.2 Å². The fraction of sp³-hybridized carbons (Fsp3) is 0.917. The maximum absolute atomic E-state index is 9.54. The second kappa shape index (κ2) is 4.51. The van der Waals surface area contributed by atoms with Crippen molar-refractivity contribution in [3.63, 3.8) is 0 Å². The lowest BCUT2D eigenvalue weighted by atomic mass is 9.78. The molecule has 0 aliphatic carbocycles. The summed E-state index contributed by atoms with van der Waals surface area (Å²) < 4.78 is 0. The zero-order chi connectivity index (χ0) is 10.7. The third-order valence-electron chi connectivity index (χ3n) is 4.06. The third kappa shape index (κ3) is 1.89. The van der Waals surface area contributed by atoms with Crippen molar-refractivity contribution in [3.05, 3.63) is 0 Å². The highest BCUT2D eigenvalue weighted by Gasteiger charge is 2.43. The minimum atomic E-state index is -0.175. The predicted octanol–water partition coefficient (Wildman–Crippen LogP) is 1.36. The largest absolute Gasteiger partial charge is 0.316 e. The molecule has 0 aromatic carbocycles. The third-order valence-corrected chi connectivity index (χ3v) is 4.06. The molecule has 0 aromatic rings. The first-order valence-corrected chi connectivity index (χ1v) is 6.16. The van der Waals surface area contributed by atoms with Crippen LogP contribution in [0.2, 0.25) is 0 Å². The summed E-state index contributed by atoms with van der Waals surface area (Å²) in [6.45, 7) is 6.44. The summed E-state index contributed by atoms with van der Waals surface area (Å²) in [4.78, 5) is 2.45. The van der Waals surface area contributed by atoms with E-state index in [1.165, 1.54) is 19.3 Å². The van der Waals surface area contributed by atoms with E-state index in [0.717, 1.165) is 32.6 Å². The zero-order valence-corrected chi connectivity index (χ0v) is 9.63. The predicted molar refractivity (Wildman–Crippen MR) is 60.4 cm³/mol. The molecule has 2 aliphatic heterocycles. The Morgan fingerprint density at radius 2 is 2.07 bits per heavy atom. The Labute approximate surface area is 92.4 Å². The minimum Gasteiger partial charge on any atom is -0.316 e. The van der Waals surface area contributed by atoms with E-state index >= 15 is 0 Å². The van der Waals surface area contributed by atoms with Gasteiger partial charge in [-0.25, -0.2) is 0 Å². The SMILES string of the molecule is CC1CNCCC1(C#N)N1CCCCC1. The molecule has 0 bridgehead atoms. The second-order valence-corrected chi connectivity index (χ2v) is 4.94. The summed E-state index contributed by atoms with van der Waals surface area (Å²) >= 11 is 0. The number of piperidine rings is 2. The molecule has 2 atom stereocenters. The molecule has 1 N–H and O–H groups in total. The highest BCUT2D eigenvalue weighted by Crippen LogP contribution is 2.32. The van der Waals surface area contributed by atoms with Gasteiger partial charge in [0.1, 0.15) is 5.54 Å². The Balaban J connectivity index is 2.15. The van der Waals surface area contributed by atoms with Crippen LogP contribution in [-0.2, 0) is 0 Å². The van der Waals surface area contributed by atoms with Crippen LogP contribution in [0.1, 0.15) is 32.6 Å². The first-order chi connectivity index (χ1) is 7.29. The Bertz CT molecular complexity index is 252. The van der Waals surface area contributed by atoms with Crippen molar-refractivity contribution >= 4 is 0 Å². The molecule has 0 spiro atoms. The molecule has 0 amide bonds. The standard InChI is InChI=1S/C12H21N3/c1-11-9-14-6-5-12(11,10-13)15-7-3-2-4-8-15/h11,14H,2-9H2,1H3. The molecule has 3 nitrogen and oxygen atoms in total. The van der Waals surface area contributed by atoms with Gasteiger partial charge < -0.3 is 5.32 Å². The van der Waals surface area contributed by atoms with E-state index in [0.29, 0.717) is 5.92 Å². The van der Waals surface area contributed by atoms with Crippen molar-refractivity contribution in [3.8, 4) is 6.07 Å². The lowest BCUT2D eigenvalue weighted by Gasteiger charge is -2.47. The van der Waals surface area contributed by atoms with Gasteiger partial charge in [-0.3, -0.25) is 4.90 Å². The van der Waals surface area contributed by atoms with Crippen LogP contribution in [0.15, 0.2) is 0 Å². The molecule has 0 saturated carbocycles. The molecule has 84 valence electrons. The number of nitrogens with zero attached hydrogens (tertiary/aromatic N) is 2. The average Bonchev–Trinajstić information content (AvgIpc) is 2.31. The monoisotopic (exact) mass is 207 g/mol. The normalized spacial score (nSPS) is 38.5. The van der Waals surface area contributed by atoms with Crippen molar-refractivity contribution in [2.45, 2.75) is 38.1 Å². The van der Waals surface area contributed by atoms with Crippen molar-refractivity contribution in [1.29, 1.82) is 5.26 Å². The first-order valence-electron chi connectivity index (χ1n) is 6.16. The van der Waals surface area contributed by atoms with Crippen LogP contribution < -0.4 is 5.32 Å². The van der Waals surface area contributed by atoms with Gasteiger partial charge in [0.05, 0.1) is 6.07 Å². The van der Waals surface area contributed by atoms with E-state index in [-0.39, 0.29) is 5.54 Å². The molecular weight excluding hydrogens is 186 g/mol. The van der Waals surface area contributed by atoms with Crippen LogP contribution in [-0.4, -0.2) is 36.6 Å². The maximum atomic E-state index is 9.54. The number of nitrogens with one attached hydrogen (secondary N) is 1. The Morgan fingerprint density at radius 3 is 2.67 bits per heavy atom. The number of hydrogen-bond acceptors (Lipinski definition) is 3. The van der Waals surface area contributed by atoms with E-state index < -0.39 is 0 Å². The molecule has 3 heteroatoms.